The van der Waals surface area contributed by atoms with Crippen molar-refractivity contribution in [1.82, 2.24) is 10.3 Å². The topological polar surface area (TPSA) is 82.5 Å². The number of aromatic nitrogens is 1. The number of aliphatic hydroxyl groups is 1. The van der Waals surface area contributed by atoms with Crippen molar-refractivity contribution in [3.63, 3.8) is 0 Å². The van der Waals surface area contributed by atoms with Crippen LogP contribution in [0.1, 0.15) is 23.3 Å². The van der Waals surface area contributed by atoms with Gasteiger partial charge in [0.05, 0.1) is 6.04 Å². The van der Waals surface area contributed by atoms with Crippen molar-refractivity contribution < 1.29 is 23.8 Å². The molecule has 0 fully saturated rings. The summed E-state index contributed by atoms with van der Waals surface area (Å²) in [6, 6.07) is 2.91. The zero-order valence-electron chi connectivity index (χ0n) is 11.0. The Morgan fingerprint density at radius 3 is 2.64 bits per heavy atom. The van der Waals surface area contributed by atoms with Gasteiger partial charge in [-0.15, -0.1) is 0 Å². The van der Waals surface area contributed by atoms with Crippen LogP contribution in [0, 0.1) is 11.6 Å². The van der Waals surface area contributed by atoms with Gasteiger partial charge in [0.25, 0.3) is 0 Å². The van der Waals surface area contributed by atoms with Crippen LogP contribution in [0.2, 0.25) is 0 Å². The minimum absolute atomic E-state index is 0.299. The fourth-order valence-electron chi connectivity index (χ4n) is 2.00. The largest absolute Gasteiger partial charge is 0.465 e. The Labute approximate surface area is 132 Å². The molecular formula is C14H11BrF2N2O3. The Morgan fingerprint density at radius 2 is 2.00 bits per heavy atom. The van der Waals surface area contributed by atoms with Gasteiger partial charge >= 0.3 is 6.09 Å². The summed E-state index contributed by atoms with van der Waals surface area (Å²) in [6.07, 6.45) is -0.244. The predicted octanol–water partition coefficient (Wildman–Crippen LogP) is 3.16. The standard InChI is InChI=1S/C14H11BrF2N2O3/c15-8-3-7(5-18-6-8)12(19-14(21)22)13(20)10-4-9(16)1-2-11(10)17/h1-6,12-13,19-20H,(H,21,22)/t12-,13+/m1/s1. The van der Waals surface area contributed by atoms with Crippen molar-refractivity contribution in [2.45, 2.75) is 12.1 Å². The molecule has 0 unspecified atom stereocenters. The third kappa shape index (κ3) is 3.77. The summed E-state index contributed by atoms with van der Waals surface area (Å²) in [4.78, 5) is 14.8. The third-order valence-electron chi connectivity index (χ3n) is 2.96. The van der Waals surface area contributed by atoms with E-state index in [-0.39, 0.29) is 5.56 Å². The van der Waals surface area contributed by atoms with Crippen LogP contribution in [0.4, 0.5) is 13.6 Å². The van der Waals surface area contributed by atoms with Crippen molar-refractivity contribution in [2.24, 2.45) is 0 Å². The molecule has 1 aromatic carbocycles. The normalized spacial score (nSPS) is 13.5. The Hall–Kier alpha value is -2.06. The maximum absolute atomic E-state index is 13.8. The second kappa shape index (κ2) is 6.80. The molecule has 1 heterocycles. The summed E-state index contributed by atoms with van der Waals surface area (Å²) in [5.41, 5.74) is -0.0494. The molecule has 0 aliphatic rings. The van der Waals surface area contributed by atoms with E-state index in [1.165, 1.54) is 18.5 Å². The van der Waals surface area contributed by atoms with Gasteiger partial charge in [0.15, 0.2) is 0 Å². The fraction of sp³-hybridized carbons (Fsp3) is 0.143. The van der Waals surface area contributed by atoms with E-state index in [9.17, 15) is 18.7 Å². The predicted molar refractivity (Wildman–Crippen MR) is 77.2 cm³/mol. The number of amides is 1. The number of benzene rings is 1. The minimum atomic E-state index is -1.62. The molecule has 2 rings (SSSR count). The van der Waals surface area contributed by atoms with Crippen LogP contribution in [0.15, 0.2) is 41.1 Å². The van der Waals surface area contributed by atoms with Gasteiger partial charge in [0.1, 0.15) is 17.7 Å². The quantitative estimate of drug-likeness (QED) is 0.769. The number of aliphatic hydroxyl groups excluding tert-OH is 1. The smallest absolute Gasteiger partial charge is 0.405 e. The van der Waals surface area contributed by atoms with Crippen molar-refractivity contribution >= 4 is 22.0 Å². The molecule has 3 N–H and O–H groups in total. The molecule has 8 heteroatoms. The Kier molecular flexibility index (Phi) is 5.04. The zero-order valence-corrected chi connectivity index (χ0v) is 12.6. The molecule has 5 nitrogen and oxygen atoms in total. The van der Waals surface area contributed by atoms with Crippen LogP contribution in [-0.2, 0) is 0 Å². The molecule has 1 amide bonds. The van der Waals surface area contributed by atoms with Crippen molar-refractivity contribution in [3.05, 3.63) is 63.9 Å². The van der Waals surface area contributed by atoms with E-state index in [0.29, 0.717) is 10.0 Å². The van der Waals surface area contributed by atoms with E-state index >= 15 is 0 Å². The molecule has 0 spiro atoms. The molecule has 0 bridgehead atoms. The molecule has 1 aromatic heterocycles. The van der Waals surface area contributed by atoms with E-state index < -0.39 is 29.9 Å². The number of pyridine rings is 1. The number of carbonyl (C=O) groups is 1. The summed E-state index contributed by atoms with van der Waals surface area (Å²) in [5, 5.41) is 21.3. The Morgan fingerprint density at radius 1 is 1.27 bits per heavy atom. The minimum Gasteiger partial charge on any atom is -0.465 e. The summed E-state index contributed by atoms with van der Waals surface area (Å²) in [5.74, 6) is -1.58. The maximum atomic E-state index is 13.8. The highest BCUT2D eigenvalue weighted by Crippen LogP contribution is 2.31. The first-order chi connectivity index (χ1) is 10.4. The van der Waals surface area contributed by atoms with Crippen LogP contribution >= 0.6 is 15.9 Å². The maximum Gasteiger partial charge on any atom is 0.405 e. The first kappa shape index (κ1) is 16.3. The van der Waals surface area contributed by atoms with E-state index in [0.717, 1.165) is 18.2 Å². The number of halogens is 3. The van der Waals surface area contributed by atoms with Crippen LogP contribution in [0.25, 0.3) is 0 Å². The van der Waals surface area contributed by atoms with Gasteiger partial charge in [0.2, 0.25) is 0 Å². The lowest BCUT2D eigenvalue weighted by molar-refractivity contribution is 0.117. The van der Waals surface area contributed by atoms with Crippen molar-refractivity contribution in [1.29, 1.82) is 0 Å². The summed E-state index contributed by atoms with van der Waals surface area (Å²) in [7, 11) is 0. The van der Waals surface area contributed by atoms with Crippen LogP contribution in [0.3, 0.4) is 0 Å². The van der Waals surface area contributed by atoms with Gasteiger partial charge in [-0.3, -0.25) is 4.98 Å². The van der Waals surface area contributed by atoms with Gasteiger partial charge in [-0.2, -0.15) is 0 Å². The van der Waals surface area contributed by atoms with Gasteiger partial charge in [-0.25, -0.2) is 13.6 Å². The number of hydrogen-bond donors (Lipinski definition) is 3. The summed E-state index contributed by atoms with van der Waals surface area (Å²) in [6.45, 7) is 0. The first-order valence-corrected chi connectivity index (χ1v) is 6.90. The van der Waals surface area contributed by atoms with Gasteiger partial charge in [-0.05, 0) is 45.8 Å². The number of hydrogen-bond acceptors (Lipinski definition) is 3. The van der Waals surface area contributed by atoms with E-state index in [1.54, 1.807) is 0 Å². The molecule has 2 aromatic rings. The molecule has 0 radical (unpaired) electrons. The third-order valence-corrected chi connectivity index (χ3v) is 3.39. The van der Waals surface area contributed by atoms with Crippen LogP contribution < -0.4 is 5.32 Å². The van der Waals surface area contributed by atoms with Crippen LogP contribution in [-0.4, -0.2) is 21.3 Å². The molecular weight excluding hydrogens is 362 g/mol. The summed E-state index contributed by atoms with van der Waals surface area (Å²) >= 11 is 3.17. The number of nitrogens with zero attached hydrogens (tertiary/aromatic N) is 1. The lowest BCUT2D eigenvalue weighted by atomic mass is 9.96. The molecule has 22 heavy (non-hydrogen) atoms. The highest BCUT2D eigenvalue weighted by atomic mass is 79.9. The Balaban J connectivity index is 2.44. The second-order valence-corrected chi connectivity index (χ2v) is 5.39. The Bertz CT molecular complexity index is 700. The molecule has 0 aliphatic heterocycles. The fourth-order valence-corrected chi connectivity index (χ4v) is 2.38. The average Bonchev–Trinajstić information content (AvgIpc) is 2.46. The van der Waals surface area contributed by atoms with Gasteiger partial charge in [-0.1, -0.05) is 0 Å². The molecule has 0 saturated carbocycles. The molecule has 0 aliphatic carbocycles. The van der Waals surface area contributed by atoms with Gasteiger partial charge in [0, 0.05) is 22.4 Å². The number of rotatable bonds is 4. The monoisotopic (exact) mass is 372 g/mol. The molecule has 0 saturated heterocycles. The SMILES string of the molecule is O=C(O)N[C@H](c1cncc(Br)c1)[C@@H](O)c1cc(F)ccc1F. The second-order valence-electron chi connectivity index (χ2n) is 4.47. The summed E-state index contributed by atoms with van der Waals surface area (Å²) < 4.78 is 27.6. The van der Waals surface area contributed by atoms with E-state index in [1.807, 2.05) is 0 Å². The van der Waals surface area contributed by atoms with E-state index in [2.05, 4.69) is 26.2 Å². The van der Waals surface area contributed by atoms with Crippen molar-refractivity contribution in [2.75, 3.05) is 0 Å². The lowest BCUT2D eigenvalue weighted by Gasteiger charge is -2.24. The molecule has 2 atom stereocenters. The zero-order chi connectivity index (χ0) is 16.3. The number of carboxylic acid groups (broad SMARTS) is 1. The van der Waals surface area contributed by atoms with Gasteiger partial charge < -0.3 is 15.5 Å². The highest BCUT2D eigenvalue weighted by molar-refractivity contribution is 9.10. The van der Waals surface area contributed by atoms with Crippen LogP contribution in [0.5, 0.6) is 0 Å². The lowest BCUT2D eigenvalue weighted by Crippen LogP contribution is -2.32. The average molecular weight is 373 g/mol. The highest BCUT2D eigenvalue weighted by Gasteiger charge is 2.27. The van der Waals surface area contributed by atoms with E-state index in [4.69, 9.17) is 5.11 Å². The number of nitrogens with one attached hydrogen (secondary N) is 1. The molecule has 116 valence electrons. The first-order valence-electron chi connectivity index (χ1n) is 6.11. The van der Waals surface area contributed by atoms with Crippen molar-refractivity contribution in [3.8, 4) is 0 Å².